The van der Waals surface area contributed by atoms with Gasteiger partial charge in [0.15, 0.2) is 0 Å². The Hall–Kier alpha value is -1.78. The number of pyridine rings is 1. The topological polar surface area (TPSA) is 50.9 Å². The molecule has 0 fully saturated rings. The van der Waals surface area contributed by atoms with E-state index in [9.17, 15) is 4.39 Å². The molecule has 3 nitrogen and oxygen atoms in total. The molecule has 4 heteroatoms. The molecule has 2 aromatic rings. The third-order valence-corrected chi connectivity index (χ3v) is 2.74. The van der Waals surface area contributed by atoms with Crippen LogP contribution in [0.1, 0.15) is 22.7 Å². The molecule has 3 N–H and O–H groups in total. The molecule has 88 valence electrons. The van der Waals surface area contributed by atoms with E-state index in [-0.39, 0.29) is 11.9 Å². The van der Waals surface area contributed by atoms with E-state index >= 15 is 0 Å². The summed E-state index contributed by atoms with van der Waals surface area (Å²) in [6.07, 6.45) is 3.50. The second kappa shape index (κ2) is 5.03. The molecule has 0 bridgehead atoms. The number of hydrazine groups is 1. The maximum absolute atomic E-state index is 12.9. The van der Waals surface area contributed by atoms with Gasteiger partial charge in [-0.15, -0.1) is 0 Å². The summed E-state index contributed by atoms with van der Waals surface area (Å²) in [4.78, 5) is 4.04. The van der Waals surface area contributed by atoms with Crippen molar-refractivity contribution >= 4 is 0 Å². The van der Waals surface area contributed by atoms with Crippen LogP contribution in [0.5, 0.6) is 0 Å². The molecule has 1 aromatic carbocycles. The zero-order valence-corrected chi connectivity index (χ0v) is 9.52. The molecule has 0 aliphatic heterocycles. The highest BCUT2D eigenvalue weighted by Gasteiger charge is 2.14. The first kappa shape index (κ1) is 11.7. The molecule has 1 unspecified atom stereocenters. The standard InChI is InChI=1S/C13H14FN3/c1-9-8-16-7-6-12(9)13(17-15)10-2-4-11(14)5-3-10/h2-8,13,17H,15H2,1H3. The van der Waals surface area contributed by atoms with Crippen LogP contribution in [-0.4, -0.2) is 4.98 Å². The van der Waals surface area contributed by atoms with Gasteiger partial charge in [-0.05, 0) is 41.8 Å². The van der Waals surface area contributed by atoms with Crippen molar-refractivity contribution in [1.82, 2.24) is 10.4 Å². The van der Waals surface area contributed by atoms with E-state index < -0.39 is 0 Å². The quantitative estimate of drug-likeness (QED) is 0.628. The molecule has 0 aliphatic rings. The number of rotatable bonds is 3. The highest BCUT2D eigenvalue weighted by molar-refractivity contribution is 5.34. The molecule has 0 aliphatic carbocycles. The number of nitrogens with two attached hydrogens (primary N) is 1. The Morgan fingerprint density at radius 3 is 2.53 bits per heavy atom. The molecule has 17 heavy (non-hydrogen) atoms. The Balaban J connectivity index is 2.40. The molecule has 2 rings (SSSR count). The molecule has 0 amide bonds. The lowest BCUT2D eigenvalue weighted by atomic mass is 9.97. The third kappa shape index (κ3) is 2.49. The molecule has 1 atom stereocenters. The largest absolute Gasteiger partial charge is 0.271 e. The minimum absolute atomic E-state index is 0.154. The minimum atomic E-state index is -0.254. The third-order valence-electron chi connectivity index (χ3n) is 2.74. The predicted octanol–water partition coefficient (Wildman–Crippen LogP) is 2.08. The molecule has 1 aromatic heterocycles. The van der Waals surface area contributed by atoms with Crippen LogP contribution in [0.4, 0.5) is 4.39 Å². The van der Waals surface area contributed by atoms with Crippen molar-refractivity contribution in [3.05, 3.63) is 65.2 Å². The molecule has 0 saturated carbocycles. The zero-order chi connectivity index (χ0) is 12.3. The summed E-state index contributed by atoms with van der Waals surface area (Å²) in [6.45, 7) is 1.97. The van der Waals surface area contributed by atoms with Crippen molar-refractivity contribution in [3.63, 3.8) is 0 Å². The van der Waals surface area contributed by atoms with Gasteiger partial charge in [-0.25, -0.2) is 9.82 Å². The monoisotopic (exact) mass is 231 g/mol. The fraction of sp³-hybridized carbons (Fsp3) is 0.154. The van der Waals surface area contributed by atoms with E-state index in [4.69, 9.17) is 5.84 Å². The van der Waals surface area contributed by atoms with Gasteiger partial charge in [0.25, 0.3) is 0 Å². The number of halogens is 1. The van der Waals surface area contributed by atoms with Gasteiger partial charge in [0.05, 0.1) is 6.04 Å². The first-order valence-electron chi connectivity index (χ1n) is 5.34. The fourth-order valence-electron chi connectivity index (χ4n) is 1.83. The number of aromatic nitrogens is 1. The molecular formula is C13H14FN3. The van der Waals surface area contributed by atoms with Gasteiger partial charge in [-0.3, -0.25) is 10.8 Å². The number of nitrogens with zero attached hydrogens (tertiary/aromatic N) is 1. The van der Waals surface area contributed by atoms with E-state index in [0.29, 0.717) is 0 Å². The normalized spacial score (nSPS) is 12.4. The lowest BCUT2D eigenvalue weighted by molar-refractivity contribution is 0.614. The number of nitrogens with one attached hydrogen (secondary N) is 1. The molecule has 0 saturated heterocycles. The lowest BCUT2D eigenvalue weighted by Gasteiger charge is -2.18. The second-order valence-electron chi connectivity index (χ2n) is 3.88. The van der Waals surface area contributed by atoms with Crippen LogP contribution >= 0.6 is 0 Å². The van der Waals surface area contributed by atoms with E-state index in [1.807, 2.05) is 13.0 Å². The van der Waals surface area contributed by atoms with Crippen molar-refractivity contribution in [3.8, 4) is 0 Å². The van der Waals surface area contributed by atoms with Crippen LogP contribution in [0.3, 0.4) is 0 Å². The van der Waals surface area contributed by atoms with Gasteiger partial charge in [-0.1, -0.05) is 12.1 Å². The summed E-state index contributed by atoms with van der Waals surface area (Å²) in [5.74, 6) is 5.33. The maximum Gasteiger partial charge on any atom is 0.123 e. The minimum Gasteiger partial charge on any atom is -0.271 e. The first-order chi connectivity index (χ1) is 8.22. The Morgan fingerprint density at radius 1 is 1.24 bits per heavy atom. The van der Waals surface area contributed by atoms with Crippen LogP contribution in [0.2, 0.25) is 0 Å². The summed E-state index contributed by atoms with van der Waals surface area (Å²) in [5, 5.41) is 0. The molecule has 0 radical (unpaired) electrons. The average molecular weight is 231 g/mol. The van der Waals surface area contributed by atoms with Gasteiger partial charge in [-0.2, -0.15) is 0 Å². The van der Waals surface area contributed by atoms with Crippen LogP contribution in [0.15, 0.2) is 42.7 Å². The summed E-state index contributed by atoms with van der Waals surface area (Å²) in [5.41, 5.74) is 5.74. The van der Waals surface area contributed by atoms with E-state index in [1.54, 1.807) is 24.5 Å². The fourth-order valence-corrected chi connectivity index (χ4v) is 1.83. The van der Waals surface area contributed by atoms with E-state index in [2.05, 4.69) is 10.4 Å². The van der Waals surface area contributed by atoms with Gasteiger partial charge >= 0.3 is 0 Å². The number of aryl methyl sites for hydroxylation is 1. The molecule has 1 heterocycles. The Morgan fingerprint density at radius 2 is 1.94 bits per heavy atom. The molecule has 0 spiro atoms. The van der Waals surface area contributed by atoms with Crippen molar-refractivity contribution < 1.29 is 4.39 Å². The number of benzene rings is 1. The number of hydrogen-bond acceptors (Lipinski definition) is 3. The maximum atomic E-state index is 12.9. The summed E-state index contributed by atoms with van der Waals surface area (Å²) < 4.78 is 12.9. The Labute approximate surface area is 99.5 Å². The van der Waals surface area contributed by atoms with Crippen LogP contribution in [0.25, 0.3) is 0 Å². The van der Waals surface area contributed by atoms with Crippen LogP contribution < -0.4 is 11.3 Å². The first-order valence-corrected chi connectivity index (χ1v) is 5.34. The van der Waals surface area contributed by atoms with Gasteiger partial charge < -0.3 is 0 Å². The van der Waals surface area contributed by atoms with Crippen molar-refractivity contribution in [2.75, 3.05) is 0 Å². The SMILES string of the molecule is Cc1cnccc1C(NN)c1ccc(F)cc1. The predicted molar refractivity (Wildman–Crippen MR) is 64.5 cm³/mol. The summed E-state index contributed by atoms with van der Waals surface area (Å²) in [7, 11) is 0. The van der Waals surface area contributed by atoms with Crippen LogP contribution in [0, 0.1) is 12.7 Å². The van der Waals surface area contributed by atoms with Gasteiger partial charge in [0, 0.05) is 12.4 Å². The van der Waals surface area contributed by atoms with E-state index in [1.165, 1.54) is 12.1 Å². The molecular weight excluding hydrogens is 217 g/mol. The Bertz CT molecular complexity index is 496. The summed E-state index contributed by atoms with van der Waals surface area (Å²) in [6, 6.07) is 8.05. The van der Waals surface area contributed by atoms with Crippen molar-refractivity contribution in [1.29, 1.82) is 0 Å². The van der Waals surface area contributed by atoms with Gasteiger partial charge in [0.2, 0.25) is 0 Å². The van der Waals surface area contributed by atoms with E-state index in [0.717, 1.165) is 16.7 Å². The highest BCUT2D eigenvalue weighted by atomic mass is 19.1. The van der Waals surface area contributed by atoms with Crippen molar-refractivity contribution in [2.24, 2.45) is 5.84 Å². The van der Waals surface area contributed by atoms with Crippen molar-refractivity contribution in [2.45, 2.75) is 13.0 Å². The lowest BCUT2D eigenvalue weighted by Crippen LogP contribution is -2.29. The summed E-state index contributed by atoms with van der Waals surface area (Å²) >= 11 is 0. The smallest absolute Gasteiger partial charge is 0.123 e. The second-order valence-corrected chi connectivity index (χ2v) is 3.88. The average Bonchev–Trinajstić information content (AvgIpc) is 2.35. The van der Waals surface area contributed by atoms with Crippen LogP contribution in [-0.2, 0) is 0 Å². The van der Waals surface area contributed by atoms with Gasteiger partial charge in [0.1, 0.15) is 5.82 Å². The highest BCUT2D eigenvalue weighted by Crippen LogP contribution is 2.23. The number of hydrogen-bond donors (Lipinski definition) is 2. The zero-order valence-electron chi connectivity index (χ0n) is 9.52. The Kier molecular flexibility index (Phi) is 3.46.